The molecule has 4 nitrogen and oxygen atoms in total. The van der Waals surface area contributed by atoms with Gasteiger partial charge in [-0.3, -0.25) is 0 Å². The van der Waals surface area contributed by atoms with Gasteiger partial charge in [-0.15, -0.1) is 4.73 Å². The van der Waals surface area contributed by atoms with Crippen LogP contribution in [0.2, 0.25) is 0 Å². The lowest BCUT2D eigenvalue weighted by atomic mass is 10.6. The molecule has 0 fully saturated rings. The topological polar surface area (TPSA) is 43.1 Å². The molecule has 0 aliphatic heterocycles. The van der Waals surface area contributed by atoms with Crippen LogP contribution in [-0.4, -0.2) is 19.1 Å². The highest BCUT2D eigenvalue weighted by Crippen LogP contribution is 2.19. The Hall–Kier alpha value is -0.360. The average molecular weight is 297 g/mol. The molecular weight excluding hydrogens is 290 g/mol. The first kappa shape index (κ1) is 9.73. The molecule has 6 heteroatoms. The Morgan fingerprint density at radius 3 is 2.58 bits per heavy atom. The number of anilines is 1. The average Bonchev–Trinajstić information content (AvgIpc) is 2.00. The van der Waals surface area contributed by atoms with Crippen molar-refractivity contribution in [3.63, 3.8) is 0 Å². The predicted molar refractivity (Wildman–Crippen MR) is 52.9 cm³/mol. The van der Waals surface area contributed by atoms with Crippen molar-refractivity contribution in [1.29, 1.82) is 0 Å². The van der Waals surface area contributed by atoms with E-state index in [0.29, 0.717) is 15.0 Å². The van der Waals surface area contributed by atoms with Crippen LogP contribution >= 0.6 is 31.9 Å². The maximum Gasteiger partial charge on any atom is 0.303 e. The van der Waals surface area contributed by atoms with E-state index in [1.165, 1.54) is 6.20 Å². The fourth-order valence-electron chi connectivity index (χ4n) is 0.705. The number of hydrogen-bond donors (Lipinski definition) is 0. The van der Waals surface area contributed by atoms with Gasteiger partial charge in [-0.25, -0.2) is 4.98 Å². The lowest BCUT2D eigenvalue weighted by molar-refractivity contribution is -0.628. The molecule has 1 rings (SSSR count). The Balaban J connectivity index is 3.27. The van der Waals surface area contributed by atoms with Crippen molar-refractivity contribution in [2.75, 3.05) is 19.0 Å². The van der Waals surface area contributed by atoms with Crippen molar-refractivity contribution in [3.05, 3.63) is 20.6 Å². The Bertz CT molecular complexity index is 303. The minimum Gasteiger partial charge on any atom is -0.617 e. The van der Waals surface area contributed by atoms with Gasteiger partial charge in [-0.1, -0.05) is 0 Å². The SMILES string of the molecule is CN(C)c1ncc(Br)[n+]([O-])c1Br. The smallest absolute Gasteiger partial charge is 0.303 e. The van der Waals surface area contributed by atoms with E-state index < -0.39 is 0 Å². The molecule has 0 aromatic carbocycles. The van der Waals surface area contributed by atoms with Gasteiger partial charge in [-0.2, -0.15) is 0 Å². The summed E-state index contributed by atoms with van der Waals surface area (Å²) in [5, 5.41) is 11.3. The first-order chi connectivity index (χ1) is 5.54. The molecule has 0 N–H and O–H groups in total. The number of halogens is 2. The van der Waals surface area contributed by atoms with Gasteiger partial charge in [0.2, 0.25) is 5.82 Å². The summed E-state index contributed by atoms with van der Waals surface area (Å²) >= 11 is 6.22. The number of aromatic nitrogens is 2. The van der Waals surface area contributed by atoms with Crippen molar-refractivity contribution in [2.45, 2.75) is 0 Å². The van der Waals surface area contributed by atoms with Crippen LogP contribution in [0.15, 0.2) is 15.4 Å². The highest BCUT2D eigenvalue weighted by atomic mass is 79.9. The highest BCUT2D eigenvalue weighted by molar-refractivity contribution is 9.11. The maximum atomic E-state index is 11.3. The highest BCUT2D eigenvalue weighted by Gasteiger charge is 2.15. The van der Waals surface area contributed by atoms with Gasteiger partial charge in [0.05, 0.1) is 0 Å². The van der Waals surface area contributed by atoms with Crippen LogP contribution in [0.1, 0.15) is 0 Å². The second-order valence-corrected chi connectivity index (χ2v) is 3.95. The second-order valence-electron chi connectivity index (χ2n) is 2.38. The minimum atomic E-state index is 0.389. The molecule has 0 bridgehead atoms. The Morgan fingerprint density at radius 1 is 1.50 bits per heavy atom. The zero-order valence-electron chi connectivity index (χ0n) is 6.58. The summed E-state index contributed by atoms with van der Waals surface area (Å²) in [5.41, 5.74) is 0. The van der Waals surface area contributed by atoms with E-state index >= 15 is 0 Å². The molecule has 0 radical (unpaired) electrons. The molecule has 0 amide bonds. The summed E-state index contributed by atoms with van der Waals surface area (Å²) in [7, 11) is 3.64. The Morgan fingerprint density at radius 2 is 2.08 bits per heavy atom. The van der Waals surface area contributed by atoms with Crippen LogP contribution in [0.25, 0.3) is 0 Å². The van der Waals surface area contributed by atoms with Crippen molar-refractivity contribution in [3.8, 4) is 0 Å². The van der Waals surface area contributed by atoms with Gasteiger partial charge in [0.15, 0.2) is 0 Å². The molecular formula is C6H7Br2N3O. The van der Waals surface area contributed by atoms with Gasteiger partial charge in [0, 0.05) is 46.0 Å². The van der Waals surface area contributed by atoms with E-state index in [1.807, 2.05) is 14.1 Å². The van der Waals surface area contributed by atoms with Crippen molar-refractivity contribution in [1.82, 2.24) is 4.98 Å². The van der Waals surface area contributed by atoms with E-state index in [9.17, 15) is 5.21 Å². The third-order valence-electron chi connectivity index (χ3n) is 1.27. The number of nitrogens with zero attached hydrogens (tertiary/aromatic N) is 3. The number of rotatable bonds is 1. The second kappa shape index (κ2) is 3.57. The molecule has 0 saturated carbocycles. The minimum absolute atomic E-state index is 0.389. The molecule has 1 heterocycles. The quantitative estimate of drug-likeness (QED) is 0.580. The summed E-state index contributed by atoms with van der Waals surface area (Å²) in [4.78, 5) is 5.80. The van der Waals surface area contributed by atoms with Gasteiger partial charge in [-0.05, 0) is 0 Å². The molecule has 0 spiro atoms. The predicted octanol–water partition coefficient (Wildman–Crippen LogP) is 1.31. The lowest BCUT2D eigenvalue weighted by Gasteiger charge is -2.12. The van der Waals surface area contributed by atoms with Gasteiger partial charge < -0.3 is 10.1 Å². The number of hydrogen-bond acceptors (Lipinski definition) is 3. The van der Waals surface area contributed by atoms with Crippen molar-refractivity contribution < 1.29 is 4.73 Å². The first-order valence-electron chi connectivity index (χ1n) is 3.15. The summed E-state index contributed by atoms with van der Waals surface area (Å²) in [5.74, 6) is 0.605. The summed E-state index contributed by atoms with van der Waals surface area (Å²) in [6.07, 6.45) is 1.47. The van der Waals surface area contributed by atoms with Crippen LogP contribution in [0.4, 0.5) is 5.82 Å². The molecule has 0 saturated heterocycles. The monoisotopic (exact) mass is 295 g/mol. The van der Waals surface area contributed by atoms with E-state index in [-0.39, 0.29) is 0 Å². The molecule has 1 aromatic heterocycles. The zero-order chi connectivity index (χ0) is 9.30. The Labute approximate surface area is 87.1 Å². The maximum absolute atomic E-state index is 11.3. The summed E-state index contributed by atoms with van der Waals surface area (Å²) < 4.78 is 1.52. The molecule has 0 atom stereocenters. The molecule has 0 aliphatic rings. The molecule has 0 unspecified atom stereocenters. The Kier molecular flexibility index (Phi) is 2.89. The van der Waals surface area contributed by atoms with Crippen molar-refractivity contribution >= 4 is 37.7 Å². The normalized spacial score (nSPS) is 10.0. The van der Waals surface area contributed by atoms with Crippen LogP contribution in [-0.2, 0) is 0 Å². The molecule has 66 valence electrons. The van der Waals surface area contributed by atoms with Gasteiger partial charge in [0.25, 0.3) is 4.60 Å². The summed E-state index contributed by atoms with van der Waals surface area (Å²) in [6.45, 7) is 0. The zero-order valence-corrected chi connectivity index (χ0v) is 9.76. The molecule has 12 heavy (non-hydrogen) atoms. The van der Waals surface area contributed by atoms with E-state index in [4.69, 9.17) is 0 Å². The van der Waals surface area contributed by atoms with E-state index in [1.54, 1.807) is 4.90 Å². The van der Waals surface area contributed by atoms with E-state index in [2.05, 4.69) is 36.8 Å². The fraction of sp³-hybridized carbons (Fsp3) is 0.333. The van der Waals surface area contributed by atoms with Crippen molar-refractivity contribution in [2.24, 2.45) is 0 Å². The summed E-state index contributed by atoms with van der Waals surface area (Å²) in [6, 6.07) is 0. The van der Waals surface area contributed by atoms with Gasteiger partial charge >= 0.3 is 4.60 Å². The van der Waals surface area contributed by atoms with E-state index in [0.717, 1.165) is 4.73 Å². The largest absolute Gasteiger partial charge is 0.617 e. The van der Waals surface area contributed by atoms with Crippen LogP contribution in [0, 0.1) is 5.21 Å². The fourth-order valence-corrected chi connectivity index (χ4v) is 1.87. The third kappa shape index (κ3) is 1.69. The standard InChI is InChI=1S/C6H7Br2N3O/c1-10(2)6-5(8)11(12)4(7)3-9-6/h3H,1-2H3. The van der Waals surface area contributed by atoms with Crippen LogP contribution in [0.3, 0.4) is 0 Å². The van der Waals surface area contributed by atoms with Crippen LogP contribution in [0.5, 0.6) is 0 Å². The van der Waals surface area contributed by atoms with Gasteiger partial charge in [0.1, 0.15) is 6.20 Å². The first-order valence-corrected chi connectivity index (χ1v) is 4.73. The third-order valence-corrected chi connectivity index (χ3v) is 2.48. The lowest BCUT2D eigenvalue weighted by Crippen LogP contribution is -2.32. The van der Waals surface area contributed by atoms with Crippen LogP contribution < -0.4 is 9.63 Å². The molecule has 0 aliphatic carbocycles. The molecule has 1 aromatic rings.